The van der Waals surface area contributed by atoms with Crippen LogP contribution in [0.5, 0.6) is 0 Å². The van der Waals surface area contributed by atoms with Crippen molar-refractivity contribution < 1.29 is 4.39 Å². The Hall–Kier alpha value is -1.33. The van der Waals surface area contributed by atoms with Crippen LogP contribution in [0.3, 0.4) is 0 Å². The molecule has 2 rings (SSSR count). The third-order valence-electron chi connectivity index (χ3n) is 3.32. The number of aryl methyl sites for hydroxylation is 2. The monoisotopic (exact) mass is 351 g/mol. The molecule has 0 radical (unpaired) electrons. The lowest BCUT2D eigenvalue weighted by Crippen LogP contribution is -2.17. The third kappa shape index (κ3) is 3.86. The van der Waals surface area contributed by atoms with E-state index in [2.05, 4.69) is 38.1 Å². The fourth-order valence-corrected chi connectivity index (χ4v) is 2.60. The number of rotatable bonds is 5. The first kappa shape index (κ1) is 16.0. The molecule has 0 saturated heterocycles. The summed E-state index contributed by atoms with van der Waals surface area (Å²) >= 11 is 3.43. The summed E-state index contributed by atoms with van der Waals surface area (Å²) in [5.41, 5.74) is 3.64. The Bertz CT molecular complexity index is 620. The van der Waals surface area contributed by atoms with Gasteiger partial charge in [-0.15, -0.1) is 0 Å². The molecule has 21 heavy (non-hydrogen) atoms. The van der Waals surface area contributed by atoms with Gasteiger partial charge in [-0.05, 0) is 45.0 Å². The number of halogens is 2. The fraction of sp³-hybridized carbons (Fsp3) is 0.375. The van der Waals surface area contributed by atoms with Crippen LogP contribution in [0.1, 0.15) is 30.3 Å². The molecule has 112 valence electrons. The molecule has 0 aliphatic carbocycles. The van der Waals surface area contributed by atoms with Crippen LogP contribution in [0.2, 0.25) is 0 Å². The summed E-state index contributed by atoms with van der Waals surface area (Å²) in [5.74, 6) is 0.261. The van der Waals surface area contributed by atoms with Gasteiger partial charge in [0.2, 0.25) is 0 Å². The molecule has 0 fully saturated rings. The highest BCUT2D eigenvalue weighted by atomic mass is 79.9. The van der Waals surface area contributed by atoms with Gasteiger partial charge in [-0.25, -0.2) is 14.4 Å². The molecular weight excluding hydrogens is 333 g/mol. The van der Waals surface area contributed by atoms with E-state index in [-0.39, 0.29) is 5.82 Å². The second-order valence-electron chi connectivity index (χ2n) is 5.00. The second-order valence-corrected chi connectivity index (χ2v) is 5.85. The molecule has 3 nitrogen and oxygen atoms in total. The molecule has 0 atom stereocenters. The van der Waals surface area contributed by atoms with E-state index in [1.165, 1.54) is 12.1 Å². The average Bonchev–Trinajstić information content (AvgIpc) is 2.44. The van der Waals surface area contributed by atoms with E-state index < -0.39 is 0 Å². The van der Waals surface area contributed by atoms with Gasteiger partial charge in [-0.2, -0.15) is 0 Å². The van der Waals surface area contributed by atoms with Crippen molar-refractivity contribution in [2.45, 2.75) is 33.7 Å². The minimum Gasteiger partial charge on any atom is -0.313 e. The molecule has 0 amide bonds. The number of hydrogen-bond acceptors (Lipinski definition) is 3. The fourth-order valence-electron chi connectivity index (χ4n) is 2.17. The van der Waals surface area contributed by atoms with E-state index in [9.17, 15) is 4.39 Å². The Balaban J connectivity index is 2.37. The quantitative estimate of drug-likeness (QED) is 0.821. The molecule has 0 aliphatic rings. The largest absolute Gasteiger partial charge is 0.313 e. The molecule has 1 aromatic heterocycles. The SMILES string of the molecule is CCCNCc1c(C)nc(-c2cc(F)ccc2Br)nc1C. The first-order valence-electron chi connectivity index (χ1n) is 7.03. The van der Waals surface area contributed by atoms with Gasteiger partial charge >= 0.3 is 0 Å². The third-order valence-corrected chi connectivity index (χ3v) is 4.01. The number of nitrogens with one attached hydrogen (secondary N) is 1. The molecule has 0 bridgehead atoms. The van der Waals surface area contributed by atoms with Gasteiger partial charge in [-0.1, -0.05) is 22.9 Å². The Morgan fingerprint density at radius 3 is 2.48 bits per heavy atom. The summed E-state index contributed by atoms with van der Waals surface area (Å²) in [6.45, 7) is 7.79. The van der Waals surface area contributed by atoms with Crippen molar-refractivity contribution in [1.82, 2.24) is 15.3 Å². The minimum atomic E-state index is -0.291. The van der Waals surface area contributed by atoms with Crippen molar-refractivity contribution in [3.8, 4) is 11.4 Å². The molecule has 5 heteroatoms. The van der Waals surface area contributed by atoms with Crippen LogP contribution in [0.4, 0.5) is 4.39 Å². The average molecular weight is 352 g/mol. The Morgan fingerprint density at radius 2 is 1.86 bits per heavy atom. The Morgan fingerprint density at radius 1 is 1.19 bits per heavy atom. The first-order valence-corrected chi connectivity index (χ1v) is 7.82. The van der Waals surface area contributed by atoms with Crippen LogP contribution in [0.25, 0.3) is 11.4 Å². The number of aromatic nitrogens is 2. The van der Waals surface area contributed by atoms with E-state index in [4.69, 9.17) is 0 Å². The van der Waals surface area contributed by atoms with Crippen molar-refractivity contribution in [3.05, 3.63) is 45.4 Å². The van der Waals surface area contributed by atoms with Crippen molar-refractivity contribution >= 4 is 15.9 Å². The zero-order valence-electron chi connectivity index (χ0n) is 12.5. The summed E-state index contributed by atoms with van der Waals surface area (Å²) in [7, 11) is 0. The van der Waals surface area contributed by atoms with Crippen molar-refractivity contribution in [1.29, 1.82) is 0 Å². The van der Waals surface area contributed by atoms with E-state index in [1.54, 1.807) is 6.07 Å². The van der Waals surface area contributed by atoms with Crippen LogP contribution in [0, 0.1) is 19.7 Å². The number of nitrogens with zero attached hydrogens (tertiary/aromatic N) is 2. The normalized spacial score (nSPS) is 10.9. The van der Waals surface area contributed by atoms with Crippen molar-refractivity contribution in [2.24, 2.45) is 0 Å². The second kappa shape index (κ2) is 7.09. The van der Waals surface area contributed by atoms with Crippen molar-refractivity contribution in [3.63, 3.8) is 0 Å². The van der Waals surface area contributed by atoms with E-state index in [0.29, 0.717) is 11.4 Å². The smallest absolute Gasteiger partial charge is 0.160 e. The molecule has 1 aromatic carbocycles. The predicted octanol–water partition coefficient (Wildman–Crippen LogP) is 4.16. The van der Waals surface area contributed by atoms with Gasteiger partial charge in [0.25, 0.3) is 0 Å². The summed E-state index contributed by atoms with van der Waals surface area (Å²) in [6, 6.07) is 4.54. The lowest BCUT2D eigenvalue weighted by molar-refractivity contribution is 0.627. The summed E-state index contributed by atoms with van der Waals surface area (Å²) in [5, 5.41) is 3.36. The van der Waals surface area contributed by atoms with Gasteiger partial charge in [-0.3, -0.25) is 0 Å². The molecule has 0 unspecified atom stereocenters. The molecule has 0 aliphatic heterocycles. The first-order chi connectivity index (χ1) is 10.0. The van der Waals surface area contributed by atoms with Gasteiger partial charge in [0, 0.05) is 33.5 Å². The Labute approximate surface area is 133 Å². The highest BCUT2D eigenvalue weighted by Crippen LogP contribution is 2.27. The minimum absolute atomic E-state index is 0.291. The van der Waals surface area contributed by atoms with Gasteiger partial charge in [0.05, 0.1) is 0 Å². The number of hydrogen-bond donors (Lipinski definition) is 1. The molecule has 0 saturated carbocycles. The van der Waals surface area contributed by atoms with Gasteiger partial charge in [0.15, 0.2) is 5.82 Å². The molecular formula is C16H19BrFN3. The van der Waals surface area contributed by atoms with Crippen LogP contribution < -0.4 is 5.32 Å². The van der Waals surface area contributed by atoms with Gasteiger partial charge in [0.1, 0.15) is 5.82 Å². The standard InChI is InChI=1S/C16H19BrFN3/c1-4-7-19-9-14-10(2)20-16(21-11(14)3)13-8-12(18)5-6-15(13)17/h5-6,8,19H,4,7,9H2,1-3H3. The van der Waals surface area contributed by atoms with E-state index in [0.717, 1.165) is 40.9 Å². The lowest BCUT2D eigenvalue weighted by atomic mass is 10.1. The summed E-state index contributed by atoms with van der Waals surface area (Å²) in [6.07, 6.45) is 1.09. The Kier molecular flexibility index (Phi) is 5.42. The van der Waals surface area contributed by atoms with Crippen molar-refractivity contribution in [2.75, 3.05) is 6.54 Å². The maximum Gasteiger partial charge on any atom is 0.160 e. The summed E-state index contributed by atoms with van der Waals surface area (Å²) < 4.78 is 14.2. The van der Waals surface area contributed by atoms with Crippen LogP contribution >= 0.6 is 15.9 Å². The zero-order chi connectivity index (χ0) is 15.4. The van der Waals surface area contributed by atoms with Gasteiger partial charge < -0.3 is 5.32 Å². The van der Waals surface area contributed by atoms with E-state index >= 15 is 0 Å². The molecule has 1 N–H and O–H groups in total. The summed E-state index contributed by atoms with van der Waals surface area (Å²) in [4.78, 5) is 9.07. The maximum atomic E-state index is 13.4. The molecule has 1 heterocycles. The van der Waals surface area contributed by atoms with Crippen LogP contribution in [-0.4, -0.2) is 16.5 Å². The maximum absolute atomic E-state index is 13.4. The lowest BCUT2D eigenvalue weighted by Gasteiger charge is -2.12. The predicted molar refractivity (Wildman–Crippen MR) is 86.6 cm³/mol. The number of benzene rings is 1. The highest BCUT2D eigenvalue weighted by Gasteiger charge is 2.12. The zero-order valence-corrected chi connectivity index (χ0v) is 14.1. The van der Waals surface area contributed by atoms with E-state index in [1.807, 2.05) is 13.8 Å². The highest BCUT2D eigenvalue weighted by molar-refractivity contribution is 9.10. The molecule has 0 spiro atoms. The van der Waals surface area contributed by atoms with Crippen LogP contribution in [0.15, 0.2) is 22.7 Å². The van der Waals surface area contributed by atoms with Crippen LogP contribution in [-0.2, 0) is 6.54 Å². The molecule has 2 aromatic rings. The topological polar surface area (TPSA) is 37.8 Å².